The van der Waals surface area contributed by atoms with Gasteiger partial charge >= 0.3 is 0 Å². The fourth-order valence-corrected chi connectivity index (χ4v) is 2.56. The average Bonchev–Trinajstić information content (AvgIpc) is 2.75. The molecule has 0 bridgehead atoms. The Labute approximate surface area is 102 Å². The van der Waals surface area contributed by atoms with E-state index in [1.165, 1.54) is 0 Å². The van der Waals surface area contributed by atoms with Crippen LogP contribution in [0, 0.1) is 5.92 Å². The van der Waals surface area contributed by atoms with Crippen molar-refractivity contribution in [3.63, 3.8) is 0 Å². The lowest BCUT2D eigenvalue weighted by molar-refractivity contribution is 0.0797. The van der Waals surface area contributed by atoms with E-state index >= 15 is 0 Å². The molecule has 2 N–H and O–H groups in total. The number of hydrogen-bond donors (Lipinski definition) is 2. The van der Waals surface area contributed by atoms with Crippen molar-refractivity contribution in [1.82, 2.24) is 0 Å². The summed E-state index contributed by atoms with van der Waals surface area (Å²) in [6.07, 6.45) is 2.83. The lowest BCUT2D eigenvalue weighted by atomic mass is 9.94. The average molecular weight is 236 g/mol. The highest BCUT2D eigenvalue weighted by molar-refractivity contribution is 5.29. The summed E-state index contributed by atoms with van der Waals surface area (Å²) in [5.41, 5.74) is 0.864. The van der Waals surface area contributed by atoms with Crippen molar-refractivity contribution in [1.29, 1.82) is 0 Å². The van der Waals surface area contributed by atoms with Gasteiger partial charge in [-0.3, -0.25) is 0 Å². The van der Waals surface area contributed by atoms with Crippen molar-refractivity contribution in [2.45, 2.75) is 37.9 Å². The molecule has 0 heterocycles. The van der Waals surface area contributed by atoms with Gasteiger partial charge < -0.3 is 14.9 Å². The first kappa shape index (κ1) is 12.4. The van der Waals surface area contributed by atoms with E-state index in [9.17, 15) is 10.2 Å². The van der Waals surface area contributed by atoms with E-state index in [1.807, 2.05) is 24.3 Å². The molecule has 3 atom stereocenters. The van der Waals surface area contributed by atoms with Gasteiger partial charge in [-0.15, -0.1) is 0 Å². The SMILES string of the molecule is COc1cccc(C(O)CC2CCCC2O)c1. The summed E-state index contributed by atoms with van der Waals surface area (Å²) in [6, 6.07) is 7.49. The zero-order valence-corrected chi connectivity index (χ0v) is 10.2. The number of rotatable bonds is 4. The van der Waals surface area contributed by atoms with Crippen LogP contribution in [0.2, 0.25) is 0 Å². The van der Waals surface area contributed by atoms with Gasteiger partial charge in [0.15, 0.2) is 0 Å². The van der Waals surface area contributed by atoms with Crippen molar-refractivity contribution in [3.05, 3.63) is 29.8 Å². The zero-order chi connectivity index (χ0) is 12.3. The van der Waals surface area contributed by atoms with Crippen LogP contribution in [0.25, 0.3) is 0 Å². The Morgan fingerprint density at radius 2 is 2.24 bits per heavy atom. The van der Waals surface area contributed by atoms with Crippen molar-refractivity contribution >= 4 is 0 Å². The smallest absolute Gasteiger partial charge is 0.119 e. The molecule has 3 nitrogen and oxygen atoms in total. The summed E-state index contributed by atoms with van der Waals surface area (Å²) in [5, 5.41) is 19.9. The maximum absolute atomic E-state index is 10.2. The number of hydrogen-bond acceptors (Lipinski definition) is 3. The largest absolute Gasteiger partial charge is 0.497 e. The number of aliphatic hydroxyl groups excluding tert-OH is 2. The van der Waals surface area contributed by atoms with E-state index < -0.39 is 6.10 Å². The van der Waals surface area contributed by atoms with Gasteiger partial charge in [0, 0.05) is 0 Å². The third-order valence-electron chi connectivity index (χ3n) is 3.62. The lowest BCUT2D eigenvalue weighted by Gasteiger charge is -2.19. The van der Waals surface area contributed by atoms with Crippen LogP contribution in [0.4, 0.5) is 0 Å². The minimum Gasteiger partial charge on any atom is -0.497 e. The molecule has 1 fully saturated rings. The molecule has 1 aromatic carbocycles. The van der Waals surface area contributed by atoms with E-state index in [2.05, 4.69) is 0 Å². The first-order chi connectivity index (χ1) is 8.20. The molecule has 94 valence electrons. The Morgan fingerprint density at radius 3 is 2.88 bits per heavy atom. The molecular weight excluding hydrogens is 216 g/mol. The number of ether oxygens (including phenoxy) is 1. The Morgan fingerprint density at radius 1 is 1.41 bits per heavy atom. The van der Waals surface area contributed by atoms with Gasteiger partial charge in [0.2, 0.25) is 0 Å². The van der Waals surface area contributed by atoms with Gasteiger partial charge in [-0.05, 0) is 42.9 Å². The van der Waals surface area contributed by atoms with Crippen LogP contribution in [0.15, 0.2) is 24.3 Å². The zero-order valence-electron chi connectivity index (χ0n) is 10.2. The van der Waals surface area contributed by atoms with Gasteiger partial charge in [-0.2, -0.15) is 0 Å². The Balaban J connectivity index is 2.00. The van der Waals surface area contributed by atoms with Gasteiger partial charge in [-0.1, -0.05) is 18.6 Å². The van der Waals surface area contributed by atoms with E-state index in [4.69, 9.17) is 4.74 Å². The third-order valence-corrected chi connectivity index (χ3v) is 3.62. The summed E-state index contributed by atoms with van der Waals surface area (Å²) >= 11 is 0. The highest BCUT2D eigenvalue weighted by atomic mass is 16.5. The van der Waals surface area contributed by atoms with E-state index in [-0.39, 0.29) is 12.0 Å². The van der Waals surface area contributed by atoms with Crippen LogP contribution < -0.4 is 4.74 Å². The molecular formula is C14H20O3. The standard InChI is InChI=1S/C14H20O3/c1-17-12-6-2-4-10(8-12)14(16)9-11-5-3-7-13(11)15/h2,4,6,8,11,13-16H,3,5,7,9H2,1H3. The fraction of sp³-hybridized carbons (Fsp3) is 0.571. The quantitative estimate of drug-likeness (QED) is 0.843. The van der Waals surface area contributed by atoms with E-state index in [0.29, 0.717) is 6.42 Å². The second-order valence-electron chi connectivity index (χ2n) is 4.79. The number of methoxy groups -OCH3 is 1. The van der Waals surface area contributed by atoms with Gasteiger partial charge in [0.25, 0.3) is 0 Å². The molecule has 0 radical (unpaired) electrons. The first-order valence-corrected chi connectivity index (χ1v) is 6.21. The Kier molecular flexibility index (Phi) is 4.02. The summed E-state index contributed by atoms with van der Waals surface area (Å²) < 4.78 is 5.14. The highest BCUT2D eigenvalue weighted by Gasteiger charge is 2.27. The summed E-state index contributed by atoms with van der Waals surface area (Å²) in [5.74, 6) is 0.990. The van der Waals surface area contributed by atoms with Crippen LogP contribution >= 0.6 is 0 Å². The topological polar surface area (TPSA) is 49.7 Å². The maximum atomic E-state index is 10.2. The Hall–Kier alpha value is -1.06. The molecule has 0 spiro atoms. The molecule has 0 saturated heterocycles. The van der Waals surface area contributed by atoms with Crippen LogP contribution in [-0.4, -0.2) is 23.4 Å². The highest BCUT2D eigenvalue weighted by Crippen LogP contribution is 2.33. The predicted molar refractivity (Wildman–Crippen MR) is 65.9 cm³/mol. The predicted octanol–water partition coefficient (Wildman–Crippen LogP) is 2.28. The second-order valence-corrected chi connectivity index (χ2v) is 4.79. The fourth-order valence-electron chi connectivity index (χ4n) is 2.56. The second kappa shape index (κ2) is 5.52. The molecule has 1 aliphatic rings. The van der Waals surface area contributed by atoms with Crippen LogP contribution in [0.5, 0.6) is 5.75 Å². The summed E-state index contributed by atoms with van der Waals surface area (Å²) in [6.45, 7) is 0. The summed E-state index contributed by atoms with van der Waals surface area (Å²) in [7, 11) is 1.62. The Bertz CT molecular complexity index is 364. The van der Waals surface area contributed by atoms with E-state index in [0.717, 1.165) is 30.6 Å². The molecule has 1 saturated carbocycles. The van der Waals surface area contributed by atoms with E-state index in [1.54, 1.807) is 7.11 Å². The van der Waals surface area contributed by atoms with Crippen molar-refractivity contribution in [2.24, 2.45) is 5.92 Å². The maximum Gasteiger partial charge on any atom is 0.119 e. The molecule has 3 heteroatoms. The first-order valence-electron chi connectivity index (χ1n) is 6.21. The minimum absolute atomic E-state index is 0.233. The van der Waals surface area contributed by atoms with Gasteiger partial charge in [0.1, 0.15) is 5.75 Å². The minimum atomic E-state index is -0.511. The van der Waals surface area contributed by atoms with Crippen molar-refractivity contribution in [2.75, 3.05) is 7.11 Å². The number of benzene rings is 1. The van der Waals surface area contributed by atoms with Crippen LogP contribution in [0.1, 0.15) is 37.4 Å². The van der Waals surface area contributed by atoms with Crippen LogP contribution in [0.3, 0.4) is 0 Å². The molecule has 0 aromatic heterocycles. The monoisotopic (exact) mass is 236 g/mol. The molecule has 1 aromatic rings. The normalized spacial score (nSPS) is 25.8. The summed E-state index contributed by atoms with van der Waals surface area (Å²) in [4.78, 5) is 0. The van der Waals surface area contributed by atoms with Crippen molar-refractivity contribution in [3.8, 4) is 5.75 Å². The molecule has 17 heavy (non-hydrogen) atoms. The molecule has 0 aliphatic heterocycles. The van der Waals surface area contributed by atoms with Crippen molar-refractivity contribution < 1.29 is 14.9 Å². The molecule has 3 unspecified atom stereocenters. The number of aliphatic hydroxyl groups is 2. The lowest BCUT2D eigenvalue weighted by Crippen LogP contribution is -2.16. The van der Waals surface area contributed by atoms with Gasteiger partial charge in [-0.25, -0.2) is 0 Å². The third kappa shape index (κ3) is 2.99. The van der Waals surface area contributed by atoms with Gasteiger partial charge in [0.05, 0.1) is 19.3 Å². The molecule has 1 aliphatic carbocycles. The molecule has 0 amide bonds. The van der Waals surface area contributed by atoms with Crippen LogP contribution in [-0.2, 0) is 0 Å². The molecule has 2 rings (SSSR count).